The number of nitrogens with zero attached hydrogens (tertiary/aromatic N) is 2. The van der Waals surface area contributed by atoms with Gasteiger partial charge in [-0.3, -0.25) is 0 Å². The largest absolute Gasteiger partial charge is 0.397 e. The highest BCUT2D eigenvalue weighted by atomic mass is 35.5. The van der Waals surface area contributed by atoms with Crippen molar-refractivity contribution in [3.05, 3.63) is 23.0 Å². The molecule has 0 amide bonds. The molecule has 3 nitrogen and oxygen atoms in total. The van der Waals surface area contributed by atoms with Crippen LogP contribution in [-0.2, 0) is 0 Å². The minimum Gasteiger partial charge on any atom is -0.397 e. The van der Waals surface area contributed by atoms with Crippen molar-refractivity contribution in [1.82, 2.24) is 4.90 Å². The first kappa shape index (κ1) is 13.4. The van der Waals surface area contributed by atoms with Crippen molar-refractivity contribution in [3.63, 3.8) is 0 Å². The summed E-state index contributed by atoms with van der Waals surface area (Å²) in [6.07, 6.45) is 2.40. The molecule has 1 saturated heterocycles. The summed E-state index contributed by atoms with van der Waals surface area (Å²) in [6, 6.07) is 3.39. The predicted molar refractivity (Wildman–Crippen MR) is 74.7 cm³/mol. The Morgan fingerprint density at radius 3 is 2.89 bits per heavy atom. The number of likely N-dealkylation sites (N-methyl/N-ethyl adjacent to an activating group) is 2. The van der Waals surface area contributed by atoms with Crippen molar-refractivity contribution in [2.24, 2.45) is 0 Å². The van der Waals surface area contributed by atoms with E-state index in [-0.39, 0.29) is 5.02 Å². The van der Waals surface area contributed by atoms with Gasteiger partial charge in [0, 0.05) is 25.7 Å². The molecule has 5 heteroatoms. The fraction of sp³-hybridized carbons (Fsp3) is 0.538. The van der Waals surface area contributed by atoms with Gasteiger partial charge in [0.15, 0.2) is 0 Å². The van der Waals surface area contributed by atoms with Gasteiger partial charge in [0.2, 0.25) is 0 Å². The van der Waals surface area contributed by atoms with Crippen LogP contribution in [0.15, 0.2) is 12.1 Å². The van der Waals surface area contributed by atoms with Crippen molar-refractivity contribution in [3.8, 4) is 0 Å². The predicted octanol–water partition coefficient (Wildman–Crippen LogP) is 2.59. The first-order valence-corrected chi connectivity index (χ1v) is 6.52. The monoisotopic (exact) mass is 271 g/mol. The van der Waals surface area contributed by atoms with Crippen LogP contribution in [0.25, 0.3) is 0 Å². The molecule has 0 aliphatic carbocycles. The summed E-state index contributed by atoms with van der Waals surface area (Å²) >= 11 is 5.70. The molecular formula is C13H19ClFN3. The number of anilines is 2. The number of benzene rings is 1. The first-order chi connectivity index (χ1) is 8.49. The van der Waals surface area contributed by atoms with Crippen molar-refractivity contribution >= 4 is 23.0 Å². The Kier molecular flexibility index (Phi) is 3.97. The van der Waals surface area contributed by atoms with Crippen LogP contribution in [0, 0.1) is 5.82 Å². The summed E-state index contributed by atoms with van der Waals surface area (Å²) < 4.78 is 13.5. The SMILES string of the molecule is CN(CC1CCCN1C)c1cc(F)c(Cl)cc1N. The van der Waals surface area contributed by atoms with Crippen molar-refractivity contribution in [1.29, 1.82) is 0 Å². The Morgan fingerprint density at radius 1 is 1.56 bits per heavy atom. The molecule has 2 N–H and O–H groups in total. The normalized spacial score (nSPS) is 20.3. The fourth-order valence-electron chi connectivity index (χ4n) is 2.51. The van der Waals surface area contributed by atoms with Gasteiger partial charge in [-0.15, -0.1) is 0 Å². The van der Waals surface area contributed by atoms with Crippen LogP contribution in [0.3, 0.4) is 0 Å². The molecule has 0 aromatic heterocycles. The van der Waals surface area contributed by atoms with Crippen molar-refractivity contribution in [2.75, 3.05) is 37.8 Å². The lowest BCUT2D eigenvalue weighted by Crippen LogP contribution is -2.36. The van der Waals surface area contributed by atoms with E-state index >= 15 is 0 Å². The Bertz CT molecular complexity index is 438. The van der Waals surface area contributed by atoms with Gasteiger partial charge >= 0.3 is 0 Å². The van der Waals surface area contributed by atoms with Crippen molar-refractivity contribution < 1.29 is 4.39 Å². The molecule has 1 atom stereocenters. The summed E-state index contributed by atoms with van der Waals surface area (Å²) in [4.78, 5) is 4.33. The molecule has 2 rings (SSSR count). The molecule has 0 radical (unpaired) electrons. The first-order valence-electron chi connectivity index (χ1n) is 6.15. The summed E-state index contributed by atoms with van der Waals surface area (Å²) in [5.74, 6) is -0.424. The molecule has 1 unspecified atom stereocenters. The summed E-state index contributed by atoms with van der Waals surface area (Å²) in [5, 5.41) is 0.0719. The van der Waals surface area contributed by atoms with Gasteiger partial charge in [0.05, 0.1) is 16.4 Å². The van der Waals surface area contributed by atoms with E-state index in [1.54, 1.807) is 0 Å². The van der Waals surface area contributed by atoms with E-state index in [1.807, 2.05) is 11.9 Å². The molecule has 1 fully saturated rings. The van der Waals surface area contributed by atoms with Crippen LogP contribution in [0.2, 0.25) is 5.02 Å². The highest BCUT2D eigenvalue weighted by Crippen LogP contribution is 2.29. The topological polar surface area (TPSA) is 32.5 Å². The zero-order chi connectivity index (χ0) is 13.3. The maximum Gasteiger partial charge on any atom is 0.144 e. The average molecular weight is 272 g/mol. The van der Waals surface area contributed by atoms with Gasteiger partial charge in [-0.1, -0.05) is 11.6 Å². The number of rotatable bonds is 3. The average Bonchev–Trinajstić information content (AvgIpc) is 2.69. The number of halogens is 2. The molecular weight excluding hydrogens is 253 g/mol. The van der Waals surface area contributed by atoms with Crippen LogP contribution in [0.1, 0.15) is 12.8 Å². The van der Waals surface area contributed by atoms with Crippen LogP contribution in [0.4, 0.5) is 15.8 Å². The van der Waals surface area contributed by atoms with Gasteiger partial charge in [-0.25, -0.2) is 4.39 Å². The zero-order valence-corrected chi connectivity index (χ0v) is 11.5. The van der Waals surface area contributed by atoms with Crippen LogP contribution >= 0.6 is 11.6 Å². The highest BCUT2D eigenvalue weighted by Gasteiger charge is 2.23. The van der Waals surface area contributed by atoms with Gasteiger partial charge in [0.1, 0.15) is 5.82 Å². The second-order valence-electron chi connectivity index (χ2n) is 4.98. The number of hydrogen-bond donors (Lipinski definition) is 1. The third-order valence-corrected chi connectivity index (χ3v) is 3.93. The van der Waals surface area contributed by atoms with E-state index < -0.39 is 5.82 Å². The Hall–Kier alpha value is -1.00. The van der Waals surface area contributed by atoms with E-state index in [1.165, 1.54) is 25.0 Å². The number of nitrogens with two attached hydrogens (primary N) is 1. The third-order valence-electron chi connectivity index (χ3n) is 3.64. The van der Waals surface area contributed by atoms with Gasteiger partial charge in [0.25, 0.3) is 0 Å². The lowest BCUT2D eigenvalue weighted by atomic mass is 10.2. The molecule has 1 aliphatic heterocycles. The molecule has 0 spiro atoms. The minimum absolute atomic E-state index is 0.0719. The third kappa shape index (κ3) is 2.70. The lowest BCUT2D eigenvalue weighted by molar-refractivity contribution is 0.314. The molecule has 1 aromatic rings. The smallest absolute Gasteiger partial charge is 0.144 e. The van der Waals surface area contributed by atoms with Crippen molar-refractivity contribution in [2.45, 2.75) is 18.9 Å². The fourth-order valence-corrected chi connectivity index (χ4v) is 2.68. The zero-order valence-electron chi connectivity index (χ0n) is 10.8. The van der Waals surface area contributed by atoms with Crippen LogP contribution in [0.5, 0.6) is 0 Å². The second-order valence-corrected chi connectivity index (χ2v) is 5.39. The molecule has 0 saturated carbocycles. The highest BCUT2D eigenvalue weighted by molar-refractivity contribution is 6.31. The molecule has 1 aliphatic rings. The standard InChI is InChI=1S/C13H19ClFN3/c1-17-5-3-4-9(17)8-18(2)13-7-11(15)10(14)6-12(13)16/h6-7,9H,3-5,8,16H2,1-2H3. The summed E-state index contributed by atoms with van der Waals surface area (Å²) in [5.41, 5.74) is 7.12. The number of hydrogen-bond acceptors (Lipinski definition) is 3. The van der Waals surface area contributed by atoms with E-state index in [0.29, 0.717) is 17.4 Å². The lowest BCUT2D eigenvalue weighted by Gasteiger charge is -2.28. The van der Waals surface area contributed by atoms with Gasteiger partial charge in [-0.05, 0) is 32.5 Å². The Morgan fingerprint density at radius 2 is 2.28 bits per heavy atom. The van der Waals surface area contributed by atoms with Crippen LogP contribution < -0.4 is 10.6 Å². The van der Waals surface area contributed by atoms with E-state index in [4.69, 9.17) is 17.3 Å². The maximum atomic E-state index is 13.5. The van der Waals surface area contributed by atoms with E-state index in [0.717, 1.165) is 13.1 Å². The Balaban J connectivity index is 2.13. The molecule has 0 bridgehead atoms. The number of likely N-dealkylation sites (tertiary alicyclic amines) is 1. The van der Waals surface area contributed by atoms with Gasteiger partial charge < -0.3 is 15.5 Å². The number of nitrogen functional groups attached to an aromatic ring is 1. The molecule has 1 heterocycles. The quantitative estimate of drug-likeness (QED) is 0.858. The minimum atomic E-state index is -0.424. The molecule has 1 aromatic carbocycles. The maximum absolute atomic E-state index is 13.5. The van der Waals surface area contributed by atoms with E-state index in [9.17, 15) is 4.39 Å². The molecule has 100 valence electrons. The summed E-state index contributed by atoms with van der Waals surface area (Å²) in [6.45, 7) is 1.98. The molecule has 18 heavy (non-hydrogen) atoms. The second kappa shape index (κ2) is 5.33. The Labute approximate surface area is 112 Å². The van der Waals surface area contributed by atoms with Gasteiger partial charge in [-0.2, -0.15) is 0 Å². The van der Waals surface area contributed by atoms with E-state index in [2.05, 4.69) is 11.9 Å². The van der Waals surface area contributed by atoms with Crippen LogP contribution in [-0.4, -0.2) is 38.1 Å². The summed E-state index contributed by atoms with van der Waals surface area (Å²) in [7, 11) is 4.06.